The van der Waals surface area contributed by atoms with Crippen LogP contribution in [0.5, 0.6) is 0 Å². The maximum atomic E-state index is 11.0. The van der Waals surface area contributed by atoms with Gasteiger partial charge in [0.25, 0.3) is 0 Å². The van der Waals surface area contributed by atoms with Crippen molar-refractivity contribution >= 4 is 17.7 Å². The van der Waals surface area contributed by atoms with Crippen LogP contribution in [0.3, 0.4) is 0 Å². The van der Waals surface area contributed by atoms with E-state index in [1.807, 2.05) is 0 Å². The normalized spacial score (nSPS) is 18.7. The standard InChI is InChI=1S/C9H16O4S/c1-2-13-9(11)3-7(10)6-14-8-4-12-5-8/h7-8,10H,2-6H2,1H3. The van der Waals surface area contributed by atoms with Crippen LogP contribution in [0.15, 0.2) is 0 Å². The van der Waals surface area contributed by atoms with Crippen molar-refractivity contribution in [2.24, 2.45) is 0 Å². The number of aliphatic hydroxyl groups excluding tert-OH is 1. The minimum absolute atomic E-state index is 0.0917. The first-order valence-electron chi connectivity index (χ1n) is 4.75. The largest absolute Gasteiger partial charge is 0.466 e. The van der Waals surface area contributed by atoms with E-state index in [-0.39, 0.29) is 12.4 Å². The van der Waals surface area contributed by atoms with Gasteiger partial charge in [0.2, 0.25) is 0 Å². The van der Waals surface area contributed by atoms with E-state index in [2.05, 4.69) is 0 Å². The number of thioether (sulfide) groups is 1. The van der Waals surface area contributed by atoms with E-state index in [1.165, 1.54) is 0 Å². The van der Waals surface area contributed by atoms with Crippen molar-refractivity contribution in [2.75, 3.05) is 25.6 Å². The molecule has 0 aromatic rings. The Kier molecular flexibility index (Phi) is 5.29. The summed E-state index contributed by atoms with van der Waals surface area (Å²) in [4.78, 5) is 11.0. The summed E-state index contributed by atoms with van der Waals surface area (Å²) in [5.74, 6) is 0.248. The van der Waals surface area contributed by atoms with Gasteiger partial charge in [-0.15, -0.1) is 0 Å². The van der Waals surface area contributed by atoms with Gasteiger partial charge in [-0.2, -0.15) is 11.8 Å². The number of carbonyl (C=O) groups is 1. The Bertz CT molecular complexity index is 182. The lowest BCUT2D eigenvalue weighted by molar-refractivity contribution is -0.144. The van der Waals surface area contributed by atoms with Crippen molar-refractivity contribution in [3.8, 4) is 0 Å². The summed E-state index contributed by atoms with van der Waals surface area (Å²) >= 11 is 1.65. The molecule has 1 rings (SSSR count). The molecule has 0 saturated carbocycles. The van der Waals surface area contributed by atoms with Gasteiger partial charge >= 0.3 is 5.97 Å². The molecular weight excluding hydrogens is 204 g/mol. The highest BCUT2D eigenvalue weighted by atomic mass is 32.2. The summed E-state index contributed by atoms with van der Waals surface area (Å²) in [6, 6.07) is 0. The lowest BCUT2D eigenvalue weighted by Gasteiger charge is -2.25. The highest BCUT2D eigenvalue weighted by Gasteiger charge is 2.21. The maximum Gasteiger partial charge on any atom is 0.308 e. The molecule has 1 N–H and O–H groups in total. The van der Waals surface area contributed by atoms with Gasteiger partial charge in [-0.1, -0.05) is 0 Å². The van der Waals surface area contributed by atoms with Gasteiger partial charge in [0.1, 0.15) is 0 Å². The first-order valence-corrected chi connectivity index (χ1v) is 5.80. The maximum absolute atomic E-state index is 11.0. The lowest BCUT2D eigenvalue weighted by atomic mass is 10.3. The van der Waals surface area contributed by atoms with Crippen LogP contribution in [-0.2, 0) is 14.3 Å². The average Bonchev–Trinajstić information content (AvgIpc) is 2.01. The fraction of sp³-hybridized carbons (Fsp3) is 0.889. The zero-order chi connectivity index (χ0) is 10.4. The molecule has 1 aliphatic rings. The fourth-order valence-electron chi connectivity index (χ4n) is 1.03. The monoisotopic (exact) mass is 220 g/mol. The quantitative estimate of drug-likeness (QED) is 0.658. The van der Waals surface area contributed by atoms with E-state index in [9.17, 15) is 9.90 Å². The average molecular weight is 220 g/mol. The number of ether oxygens (including phenoxy) is 2. The summed E-state index contributed by atoms with van der Waals surface area (Å²) in [6.45, 7) is 3.65. The van der Waals surface area contributed by atoms with E-state index in [0.29, 0.717) is 17.6 Å². The van der Waals surface area contributed by atoms with Gasteiger partial charge in [0, 0.05) is 5.75 Å². The van der Waals surface area contributed by atoms with Crippen LogP contribution in [0.2, 0.25) is 0 Å². The molecule has 14 heavy (non-hydrogen) atoms. The molecule has 0 radical (unpaired) electrons. The third kappa shape index (κ3) is 4.30. The topological polar surface area (TPSA) is 55.8 Å². The van der Waals surface area contributed by atoms with E-state index in [1.54, 1.807) is 18.7 Å². The van der Waals surface area contributed by atoms with Gasteiger partial charge < -0.3 is 14.6 Å². The van der Waals surface area contributed by atoms with Gasteiger partial charge in [-0.3, -0.25) is 4.79 Å². The van der Waals surface area contributed by atoms with Crippen molar-refractivity contribution in [2.45, 2.75) is 24.7 Å². The number of hydrogen-bond acceptors (Lipinski definition) is 5. The highest BCUT2D eigenvalue weighted by Crippen LogP contribution is 2.20. The Morgan fingerprint density at radius 1 is 1.71 bits per heavy atom. The number of rotatable bonds is 6. The Morgan fingerprint density at radius 2 is 2.43 bits per heavy atom. The predicted octanol–water partition coefficient (Wildman–Crippen LogP) is 0.433. The molecule has 1 heterocycles. The van der Waals surface area contributed by atoms with Gasteiger partial charge in [0.05, 0.1) is 37.6 Å². The van der Waals surface area contributed by atoms with Gasteiger partial charge in [0.15, 0.2) is 0 Å². The van der Waals surface area contributed by atoms with Crippen LogP contribution < -0.4 is 0 Å². The van der Waals surface area contributed by atoms with E-state index in [0.717, 1.165) is 13.2 Å². The van der Waals surface area contributed by atoms with Crippen molar-refractivity contribution in [1.82, 2.24) is 0 Å². The minimum Gasteiger partial charge on any atom is -0.466 e. The zero-order valence-electron chi connectivity index (χ0n) is 8.27. The molecule has 0 amide bonds. The Hall–Kier alpha value is -0.260. The lowest BCUT2D eigenvalue weighted by Crippen LogP contribution is -2.32. The molecule has 0 aromatic heterocycles. The number of aliphatic hydroxyl groups is 1. The zero-order valence-corrected chi connectivity index (χ0v) is 9.09. The van der Waals surface area contributed by atoms with E-state index in [4.69, 9.17) is 9.47 Å². The van der Waals surface area contributed by atoms with Gasteiger partial charge in [-0.25, -0.2) is 0 Å². The highest BCUT2D eigenvalue weighted by molar-refractivity contribution is 8.00. The summed E-state index contributed by atoms with van der Waals surface area (Å²) < 4.78 is 9.72. The molecule has 4 nitrogen and oxygen atoms in total. The molecule has 1 unspecified atom stereocenters. The van der Waals surface area contributed by atoms with Crippen molar-refractivity contribution < 1.29 is 19.4 Å². The van der Waals surface area contributed by atoms with Crippen LogP contribution in [0.4, 0.5) is 0 Å². The second-order valence-electron chi connectivity index (χ2n) is 3.16. The molecule has 0 bridgehead atoms. The third-order valence-electron chi connectivity index (χ3n) is 1.84. The SMILES string of the molecule is CCOC(=O)CC(O)CSC1COC1. The third-order valence-corrected chi connectivity index (χ3v) is 3.16. The molecule has 0 aliphatic carbocycles. The second kappa shape index (κ2) is 6.27. The summed E-state index contributed by atoms with van der Waals surface area (Å²) in [6.07, 6.45) is -0.506. The molecule has 0 spiro atoms. The Morgan fingerprint density at radius 3 is 2.93 bits per heavy atom. The number of hydrogen-bond donors (Lipinski definition) is 1. The van der Waals surface area contributed by atoms with E-state index < -0.39 is 6.10 Å². The van der Waals surface area contributed by atoms with Gasteiger partial charge in [-0.05, 0) is 6.92 Å². The first kappa shape index (κ1) is 11.8. The van der Waals surface area contributed by atoms with Crippen molar-refractivity contribution in [1.29, 1.82) is 0 Å². The molecule has 1 atom stereocenters. The Balaban J connectivity index is 2.02. The number of carbonyl (C=O) groups excluding carboxylic acids is 1. The first-order chi connectivity index (χ1) is 6.72. The minimum atomic E-state index is -0.598. The Labute approximate surface area is 88.0 Å². The smallest absolute Gasteiger partial charge is 0.308 e. The van der Waals surface area contributed by atoms with Crippen LogP contribution in [0, 0.1) is 0 Å². The molecule has 82 valence electrons. The molecule has 5 heteroatoms. The predicted molar refractivity (Wildman–Crippen MR) is 54.3 cm³/mol. The number of esters is 1. The van der Waals surface area contributed by atoms with Crippen LogP contribution in [0.1, 0.15) is 13.3 Å². The molecule has 0 aromatic carbocycles. The summed E-state index contributed by atoms with van der Waals surface area (Å²) in [5, 5.41) is 9.94. The van der Waals surface area contributed by atoms with Crippen molar-refractivity contribution in [3.63, 3.8) is 0 Å². The van der Waals surface area contributed by atoms with Crippen LogP contribution >= 0.6 is 11.8 Å². The fourth-order valence-corrected chi connectivity index (χ4v) is 2.03. The molecular formula is C9H16O4S. The van der Waals surface area contributed by atoms with Crippen molar-refractivity contribution in [3.05, 3.63) is 0 Å². The summed E-state index contributed by atoms with van der Waals surface area (Å²) in [7, 11) is 0. The van der Waals surface area contributed by atoms with E-state index >= 15 is 0 Å². The van der Waals surface area contributed by atoms with Crippen LogP contribution in [0.25, 0.3) is 0 Å². The second-order valence-corrected chi connectivity index (χ2v) is 4.49. The molecule has 1 saturated heterocycles. The molecule has 1 aliphatic heterocycles. The molecule has 1 fully saturated rings. The van der Waals surface area contributed by atoms with Crippen LogP contribution in [-0.4, -0.2) is 48.0 Å². The summed E-state index contributed by atoms with van der Waals surface area (Å²) in [5.41, 5.74) is 0.